The monoisotopic (exact) mass is 298 g/mol. The average molecular weight is 299 g/mol. The molecule has 0 aliphatic heterocycles. The van der Waals surface area contributed by atoms with E-state index in [9.17, 15) is 9.90 Å². The number of fused-ring (bicyclic) bond motifs is 1. The van der Waals surface area contributed by atoms with Gasteiger partial charge in [0.2, 0.25) is 0 Å². The van der Waals surface area contributed by atoms with Crippen molar-refractivity contribution < 1.29 is 19.4 Å². The number of carbonyl (C=O) groups excluding carboxylic acids is 1. The molecule has 1 unspecified atom stereocenters. The van der Waals surface area contributed by atoms with Crippen LogP contribution in [0.3, 0.4) is 0 Å². The molecule has 1 aromatic rings. The highest BCUT2D eigenvalue weighted by molar-refractivity contribution is 6.32. The summed E-state index contributed by atoms with van der Waals surface area (Å²) in [6.45, 7) is 1.93. The quantitative estimate of drug-likeness (QED) is 0.869. The van der Waals surface area contributed by atoms with Crippen LogP contribution in [0.25, 0.3) is 0 Å². The fraction of sp³-hybridized carbons (Fsp3) is 0.533. The molecule has 1 aromatic carbocycles. The summed E-state index contributed by atoms with van der Waals surface area (Å²) < 4.78 is 10.2. The minimum atomic E-state index is -1.35. The smallest absolute Gasteiger partial charge is 0.339 e. The summed E-state index contributed by atoms with van der Waals surface area (Å²) >= 11 is 6.20. The Kier molecular flexibility index (Phi) is 4.89. The maximum Gasteiger partial charge on any atom is 0.339 e. The van der Waals surface area contributed by atoms with Crippen LogP contribution in [0.5, 0.6) is 5.75 Å². The Morgan fingerprint density at radius 3 is 2.80 bits per heavy atom. The van der Waals surface area contributed by atoms with Crippen molar-refractivity contribution in [3.63, 3.8) is 0 Å². The first-order valence-electron chi connectivity index (χ1n) is 6.83. The average Bonchev–Trinajstić information content (AvgIpc) is 2.45. The molecule has 20 heavy (non-hydrogen) atoms. The Balaban J connectivity index is 2.53. The SMILES string of the molecule is CCOC(=O)C(O)c1c2c(cc(Cl)c1OC)CCCC2. The topological polar surface area (TPSA) is 55.8 Å². The fourth-order valence-electron chi connectivity index (χ4n) is 2.72. The lowest BCUT2D eigenvalue weighted by atomic mass is 9.86. The van der Waals surface area contributed by atoms with Gasteiger partial charge in [-0.05, 0) is 49.8 Å². The molecule has 1 N–H and O–H groups in total. The molecule has 0 radical (unpaired) electrons. The molecule has 0 saturated heterocycles. The Morgan fingerprint density at radius 1 is 1.45 bits per heavy atom. The van der Waals surface area contributed by atoms with Gasteiger partial charge in [-0.3, -0.25) is 0 Å². The highest BCUT2D eigenvalue weighted by Gasteiger charge is 2.29. The number of hydrogen-bond acceptors (Lipinski definition) is 4. The molecule has 0 heterocycles. The van der Waals surface area contributed by atoms with Crippen LogP contribution in [0.2, 0.25) is 5.02 Å². The zero-order valence-electron chi connectivity index (χ0n) is 11.7. The van der Waals surface area contributed by atoms with E-state index in [1.807, 2.05) is 6.07 Å². The van der Waals surface area contributed by atoms with Gasteiger partial charge in [0.05, 0.1) is 18.7 Å². The predicted molar refractivity (Wildman–Crippen MR) is 76.2 cm³/mol. The number of aryl methyl sites for hydroxylation is 1. The van der Waals surface area contributed by atoms with Crippen LogP contribution in [0.4, 0.5) is 0 Å². The first-order valence-corrected chi connectivity index (χ1v) is 7.20. The van der Waals surface area contributed by atoms with Crippen LogP contribution >= 0.6 is 11.6 Å². The molecule has 2 rings (SSSR count). The summed E-state index contributed by atoms with van der Waals surface area (Å²) in [4.78, 5) is 11.8. The number of halogens is 1. The maximum absolute atomic E-state index is 11.8. The summed E-state index contributed by atoms with van der Waals surface area (Å²) in [6.07, 6.45) is 2.48. The van der Waals surface area contributed by atoms with Crippen LogP contribution in [-0.2, 0) is 22.4 Å². The Morgan fingerprint density at radius 2 is 2.15 bits per heavy atom. The van der Waals surface area contributed by atoms with Gasteiger partial charge >= 0.3 is 5.97 Å². The predicted octanol–water partition coefficient (Wildman–Crippen LogP) is 2.82. The van der Waals surface area contributed by atoms with E-state index in [0.29, 0.717) is 16.3 Å². The number of rotatable bonds is 4. The van der Waals surface area contributed by atoms with Gasteiger partial charge in [-0.15, -0.1) is 0 Å². The van der Waals surface area contributed by atoms with Gasteiger partial charge in [-0.1, -0.05) is 11.6 Å². The van der Waals surface area contributed by atoms with E-state index in [0.717, 1.165) is 36.8 Å². The Bertz CT molecular complexity index is 513. The fourth-order valence-corrected chi connectivity index (χ4v) is 3.03. The minimum absolute atomic E-state index is 0.223. The third-order valence-corrected chi connectivity index (χ3v) is 3.87. The summed E-state index contributed by atoms with van der Waals surface area (Å²) in [7, 11) is 1.48. The molecule has 110 valence electrons. The Labute approximate surface area is 123 Å². The molecule has 4 nitrogen and oxygen atoms in total. The van der Waals surface area contributed by atoms with E-state index in [1.165, 1.54) is 7.11 Å². The molecule has 5 heteroatoms. The summed E-state index contributed by atoms with van der Waals surface area (Å²) in [6, 6.07) is 1.87. The molecular weight excluding hydrogens is 280 g/mol. The second-order valence-electron chi connectivity index (χ2n) is 4.80. The standard InChI is InChI=1S/C15H19ClO4/c1-3-20-15(18)13(17)12-10-7-5-4-6-9(10)8-11(16)14(12)19-2/h8,13,17H,3-7H2,1-2H3. The van der Waals surface area contributed by atoms with Gasteiger partial charge < -0.3 is 14.6 Å². The zero-order chi connectivity index (χ0) is 14.7. The zero-order valence-corrected chi connectivity index (χ0v) is 12.5. The van der Waals surface area contributed by atoms with Crippen molar-refractivity contribution in [1.82, 2.24) is 0 Å². The minimum Gasteiger partial charge on any atom is -0.495 e. The summed E-state index contributed by atoms with van der Waals surface area (Å²) in [5, 5.41) is 10.7. The molecule has 0 saturated carbocycles. The highest BCUT2D eigenvalue weighted by atomic mass is 35.5. The summed E-state index contributed by atoms with van der Waals surface area (Å²) in [5.41, 5.74) is 2.52. The van der Waals surface area contributed by atoms with Crippen molar-refractivity contribution in [3.8, 4) is 5.75 Å². The second-order valence-corrected chi connectivity index (χ2v) is 5.21. The Hall–Kier alpha value is -1.26. The van der Waals surface area contributed by atoms with E-state index in [2.05, 4.69) is 0 Å². The van der Waals surface area contributed by atoms with E-state index < -0.39 is 12.1 Å². The van der Waals surface area contributed by atoms with Crippen LogP contribution in [0.1, 0.15) is 42.6 Å². The third-order valence-electron chi connectivity index (χ3n) is 3.59. The molecule has 1 aliphatic rings. The molecule has 0 amide bonds. The van der Waals surface area contributed by atoms with Crippen LogP contribution in [0, 0.1) is 0 Å². The number of ether oxygens (including phenoxy) is 2. The molecule has 0 aromatic heterocycles. The van der Waals surface area contributed by atoms with Crippen molar-refractivity contribution in [2.75, 3.05) is 13.7 Å². The van der Waals surface area contributed by atoms with Gasteiger partial charge in [-0.25, -0.2) is 4.79 Å². The van der Waals surface area contributed by atoms with Crippen molar-refractivity contribution in [2.24, 2.45) is 0 Å². The lowest BCUT2D eigenvalue weighted by Crippen LogP contribution is -2.20. The molecule has 0 fully saturated rings. The van der Waals surface area contributed by atoms with Crippen molar-refractivity contribution >= 4 is 17.6 Å². The molecular formula is C15H19ClO4. The van der Waals surface area contributed by atoms with E-state index >= 15 is 0 Å². The van der Waals surface area contributed by atoms with Gasteiger partial charge in [-0.2, -0.15) is 0 Å². The second kappa shape index (κ2) is 6.46. The molecule has 0 spiro atoms. The van der Waals surface area contributed by atoms with E-state index in [-0.39, 0.29) is 6.61 Å². The van der Waals surface area contributed by atoms with Gasteiger partial charge in [0.15, 0.2) is 6.10 Å². The van der Waals surface area contributed by atoms with E-state index in [1.54, 1.807) is 6.92 Å². The van der Waals surface area contributed by atoms with Gasteiger partial charge in [0.25, 0.3) is 0 Å². The van der Waals surface area contributed by atoms with Crippen molar-refractivity contribution in [2.45, 2.75) is 38.7 Å². The maximum atomic E-state index is 11.8. The lowest BCUT2D eigenvalue weighted by Gasteiger charge is -2.24. The molecule has 1 atom stereocenters. The normalized spacial score (nSPS) is 15.4. The third kappa shape index (κ3) is 2.76. The van der Waals surface area contributed by atoms with Gasteiger partial charge in [0.1, 0.15) is 5.75 Å². The number of esters is 1. The van der Waals surface area contributed by atoms with E-state index in [4.69, 9.17) is 21.1 Å². The summed E-state index contributed by atoms with van der Waals surface area (Å²) in [5.74, 6) is -0.297. The largest absolute Gasteiger partial charge is 0.495 e. The molecule has 1 aliphatic carbocycles. The highest BCUT2D eigenvalue weighted by Crippen LogP contribution is 2.40. The van der Waals surface area contributed by atoms with Crippen molar-refractivity contribution in [3.05, 3.63) is 27.8 Å². The van der Waals surface area contributed by atoms with Gasteiger partial charge in [0, 0.05) is 5.56 Å². The molecule has 0 bridgehead atoms. The number of aliphatic hydroxyl groups excluding tert-OH is 1. The number of hydrogen-bond donors (Lipinski definition) is 1. The number of carbonyl (C=O) groups is 1. The number of benzene rings is 1. The lowest BCUT2D eigenvalue weighted by molar-refractivity contribution is -0.153. The first kappa shape index (κ1) is 15.1. The van der Waals surface area contributed by atoms with Crippen molar-refractivity contribution in [1.29, 1.82) is 0 Å². The van der Waals surface area contributed by atoms with Crippen LogP contribution < -0.4 is 4.74 Å². The number of methoxy groups -OCH3 is 1. The first-order chi connectivity index (χ1) is 9.60. The van der Waals surface area contributed by atoms with Crippen LogP contribution in [0.15, 0.2) is 6.07 Å². The van der Waals surface area contributed by atoms with Crippen LogP contribution in [-0.4, -0.2) is 24.8 Å². The number of aliphatic hydroxyl groups is 1.